The van der Waals surface area contributed by atoms with Crippen molar-refractivity contribution in [1.82, 2.24) is 15.5 Å². The number of nitrogens with zero attached hydrogens (tertiary/aromatic N) is 2. The third-order valence-corrected chi connectivity index (χ3v) is 3.37. The van der Waals surface area contributed by atoms with Crippen LogP contribution < -0.4 is 10.1 Å². The third-order valence-electron chi connectivity index (χ3n) is 3.37. The van der Waals surface area contributed by atoms with Crippen molar-refractivity contribution in [2.24, 2.45) is 0 Å². The Hall–Kier alpha value is -3.09. The van der Waals surface area contributed by atoms with E-state index in [0.717, 1.165) is 0 Å². The summed E-state index contributed by atoms with van der Waals surface area (Å²) in [5.74, 6) is 2.11. The second-order valence-corrected chi connectivity index (χ2v) is 5.25. The van der Waals surface area contributed by atoms with Crippen LogP contribution in [0.15, 0.2) is 51.6 Å². The molecule has 1 amide bonds. The largest absolute Gasteiger partial charge is 0.485 e. The molecule has 0 bridgehead atoms. The minimum atomic E-state index is -0.204. The van der Waals surface area contributed by atoms with Crippen molar-refractivity contribution in [3.63, 3.8) is 0 Å². The lowest BCUT2D eigenvalue weighted by Crippen LogP contribution is -2.26. The molecule has 2 aromatic heterocycles. The molecule has 1 N–H and O–H groups in total. The second-order valence-electron chi connectivity index (χ2n) is 5.25. The van der Waals surface area contributed by atoms with E-state index in [1.165, 1.54) is 0 Å². The molecule has 0 aliphatic heterocycles. The number of carbonyl (C=O) groups excluding carboxylic acids is 1. The molecular weight excluding hydrogens is 310 g/mol. The Balaban J connectivity index is 1.56. The molecule has 24 heavy (non-hydrogen) atoms. The number of aryl methyl sites for hydroxylation is 1. The molecule has 0 fully saturated rings. The summed E-state index contributed by atoms with van der Waals surface area (Å²) in [6.45, 7) is 3.78. The summed E-state index contributed by atoms with van der Waals surface area (Å²) in [5.41, 5.74) is 0.538. The van der Waals surface area contributed by atoms with Gasteiger partial charge in [-0.3, -0.25) is 4.79 Å². The highest BCUT2D eigenvalue weighted by atomic mass is 16.5. The first-order chi connectivity index (χ1) is 11.6. The van der Waals surface area contributed by atoms with Crippen molar-refractivity contribution in [2.45, 2.75) is 26.5 Å². The number of rotatable bonds is 6. The third kappa shape index (κ3) is 3.81. The molecule has 0 saturated heterocycles. The zero-order valence-electron chi connectivity index (χ0n) is 13.4. The van der Waals surface area contributed by atoms with Gasteiger partial charge in [0, 0.05) is 12.5 Å². The average Bonchev–Trinajstić information content (AvgIpc) is 3.25. The summed E-state index contributed by atoms with van der Waals surface area (Å²) >= 11 is 0. The number of ether oxygens (including phenoxy) is 1. The van der Waals surface area contributed by atoms with Gasteiger partial charge in [0.15, 0.2) is 6.61 Å². The molecule has 1 aromatic carbocycles. The van der Waals surface area contributed by atoms with E-state index in [0.29, 0.717) is 28.8 Å². The van der Waals surface area contributed by atoms with E-state index in [2.05, 4.69) is 15.5 Å². The first kappa shape index (κ1) is 15.8. The Kier molecular flexibility index (Phi) is 4.60. The van der Waals surface area contributed by atoms with Crippen molar-refractivity contribution in [3.8, 4) is 5.75 Å². The van der Waals surface area contributed by atoms with Crippen molar-refractivity contribution < 1.29 is 18.5 Å². The molecule has 0 saturated carbocycles. The van der Waals surface area contributed by atoms with E-state index in [4.69, 9.17) is 13.7 Å². The molecule has 0 aliphatic carbocycles. The van der Waals surface area contributed by atoms with Gasteiger partial charge in [0.2, 0.25) is 11.7 Å². The van der Waals surface area contributed by atoms with E-state index in [9.17, 15) is 4.79 Å². The van der Waals surface area contributed by atoms with Crippen molar-refractivity contribution >= 4 is 5.91 Å². The van der Waals surface area contributed by atoms with Gasteiger partial charge in [0.05, 0.1) is 12.3 Å². The molecule has 0 radical (unpaired) electrons. The lowest BCUT2D eigenvalue weighted by Gasteiger charge is -2.11. The maximum atomic E-state index is 12.2. The van der Waals surface area contributed by atoms with Gasteiger partial charge in [-0.15, -0.1) is 0 Å². The van der Waals surface area contributed by atoms with Crippen LogP contribution in [-0.4, -0.2) is 16.0 Å². The van der Waals surface area contributed by atoms with E-state index < -0.39 is 0 Å². The van der Waals surface area contributed by atoms with Crippen LogP contribution >= 0.6 is 0 Å². The van der Waals surface area contributed by atoms with Crippen LogP contribution in [0.25, 0.3) is 0 Å². The first-order valence-corrected chi connectivity index (χ1v) is 7.48. The van der Waals surface area contributed by atoms with Crippen LogP contribution in [0, 0.1) is 6.92 Å². The van der Waals surface area contributed by atoms with Crippen LogP contribution in [0.2, 0.25) is 0 Å². The fourth-order valence-corrected chi connectivity index (χ4v) is 2.14. The van der Waals surface area contributed by atoms with Crippen LogP contribution in [0.4, 0.5) is 0 Å². The molecular formula is C17H17N3O4. The fourth-order valence-electron chi connectivity index (χ4n) is 2.14. The highest BCUT2D eigenvalue weighted by molar-refractivity contribution is 5.94. The number of hydrogen-bond donors (Lipinski definition) is 1. The normalized spacial score (nSPS) is 11.9. The van der Waals surface area contributed by atoms with E-state index in [1.807, 2.05) is 13.0 Å². The Morgan fingerprint density at radius 1 is 1.29 bits per heavy atom. The lowest BCUT2D eigenvalue weighted by atomic mass is 10.2. The molecule has 7 nitrogen and oxygen atoms in total. The van der Waals surface area contributed by atoms with E-state index in [1.54, 1.807) is 43.5 Å². The van der Waals surface area contributed by atoms with Crippen LogP contribution in [0.5, 0.6) is 5.75 Å². The van der Waals surface area contributed by atoms with Gasteiger partial charge < -0.3 is 19.0 Å². The standard InChI is InChI=1S/C17H17N3O4/c1-11(15-4-3-9-22-15)18-17(21)13-5-7-14(8-6-13)23-10-16-19-12(2)24-20-16/h3-9,11H,10H2,1-2H3,(H,18,21)/t11-/m1/s1. The Morgan fingerprint density at radius 3 is 2.71 bits per heavy atom. The molecule has 3 rings (SSSR count). The molecule has 2 heterocycles. The maximum absolute atomic E-state index is 12.2. The minimum Gasteiger partial charge on any atom is -0.485 e. The van der Waals surface area contributed by atoms with Crippen LogP contribution in [0.1, 0.15) is 40.8 Å². The van der Waals surface area contributed by atoms with Gasteiger partial charge in [-0.25, -0.2) is 0 Å². The molecule has 1 atom stereocenters. The maximum Gasteiger partial charge on any atom is 0.251 e. The zero-order chi connectivity index (χ0) is 16.9. The molecule has 0 unspecified atom stereocenters. The average molecular weight is 327 g/mol. The van der Waals surface area contributed by atoms with Gasteiger partial charge in [-0.2, -0.15) is 4.98 Å². The number of aromatic nitrogens is 2. The Bertz CT molecular complexity index is 794. The number of furan rings is 1. The number of amides is 1. The number of carbonyl (C=O) groups is 1. The molecule has 3 aromatic rings. The highest BCUT2D eigenvalue weighted by Crippen LogP contribution is 2.16. The molecule has 124 valence electrons. The predicted molar refractivity (Wildman–Crippen MR) is 84.4 cm³/mol. The molecule has 0 aliphatic rings. The highest BCUT2D eigenvalue weighted by Gasteiger charge is 2.13. The monoisotopic (exact) mass is 327 g/mol. The lowest BCUT2D eigenvalue weighted by molar-refractivity contribution is 0.0935. The number of nitrogens with one attached hydrogen (secondary N) is 1. The SMILES string of the molecule is Cc1nc(COc2ccc(C(=O)N[C@H](C)c3ccco3)cc2)no1. The van der Waals surface area contributed by atoms with Crippen molar-refractivity contribution in [2.75, 3.05) is 0 Å². The summed E-state index contributed by atoms with van der Waals surface area (Å²) in [5, 5.41) is 6.62. The van der Waals surface area contributed by atoms with E-state index >= 15 is 0 Å². The van der Waals surface area contributed by atoms with Gasteiger partial charge in [0.1, 0.15) is 11.5 Å². The van der Waals surface area contributed by atoms with Gasteiger partial charge in [-0.05, 0) is 43.3 Å². The Labute approximate surface area is 138 Å². The fraction of sp³-hybridized carbons (Fsp3) is 0.235. The topological polar surface area (TPSA) is 90.4 Å². The van der Waals surface area contributed by atoms with Crippen molar-refractivity contribution in [3.05, 3.63) is 65.7 Å². The molecule has 7 heteroatoms. The minimum absolute atomic E-state index is 0.181. The number of hydrogen-bond acceptors (Lipinski definition) is 6. The summed E-state index contributed by atoms with van der Waals surface area (Å²) < 4.78 is 15.7. The summed E-state index contributed by atoms with van der Waals surface area (Å²) in [6, 6.07) is 10.2. The quantitative estimate of drug-likeness (QED) is 0.748. The van der Waals surface area contributed by atoms with Gasteiger partial charge in [-0.1, -0.05) is 5.16 Å². The van der Waals surface area contributed by atoms with Crippen LogP contribution in [-0.2, 0) is 6.61 Å². The summed E-state index contributed by atoms with van der Waals surface area (Å²) in [4.78, 5) is 16.3. The Morgan fingerprint density at radius 2 is 2.08 bits per heavy atom. The summed E-state index contributed by atoms with van der Waals surface area (Å²) in [7, 11) is 0. The van der Waals surface area contributed by atoms with Gasteiger partial charge >= 0.3 is 0 Å². The van der Waals surface area contributed by atoms with E-state index in [-0.39, 0.29) is 18.6 Å². The summed E-state index contributed by atoms with van der Waals surface area (Å²) in [6.07, 6.45) is 1.58. The molecule has 0 spiro atoms. The predicted octanol–water partition coefficient (Wildman–Crippen LogP) is 3.04. The second kappa shape index (κ2) is 6.99. The number of benzene rings is 1. The zero-order valence-corrected chi connectivity index (χ0v) is 13.4. The first-order valence-electron chi connectivity index (χ1n) is 7.48. The van der Waals surface area contributed by atoms with Crippen LogP contribution in [0.3, 0.4) is 0 Å². The smallest absolute Gasteiger partial charge is 0.251 e. The van der Waals surface area contributed by atoms with Crippen molar-refractivity contribution in [1.29, 1.82) is 0 Å². The van der Waals surface area contributed by atoms with Gasteiger partial charge in [0.25, 0.3) is 5.91 Å².